The van der Waals surface area contributed by atoms with Gasteiger partial charge in [0.25, 0.3) is 0 Å². The normalized spacial score (nSPS) is 17.1. The molecule has 0 saturated carbocycles. The fourth-order valence-corrected chi connectivity index (χ4v) is 2.73. The predicted molar refractivity (Wildman–Crippen MR) is 109 cm³/mol. The van der Waals surface area contributed by atoms with Gasteiger partial charge in [-0.25, -0.2) is 4.39 Å². The number of rotatable bonds is 8. The molecule has 0 aromatic heterocycles. The third-order valence-corrected chi connectivity index (χ3v) is 4.07. The van der Waals surface area contributed by atoms with E-state index in [0.29, 0.717) is 18.3 Å². The average Bonchev–Trinajstić information content (AvgIpc) is 3.08. The van der Waals surface area contributed by atoms with Gasteiger partial charge in [0.05, 0.1) is 13.2 Å². The molecule has 1 fully saturated rings. The first-order chi connectivity index (χ1) is 11.7. The zero-order valence-corrected chi connectivity index (χ0v) is 17.4. The lowest BCUT2D eigenvalue weighted by Gasteiger charge is -2.24. The van der Waals surface area contributed by atoms with E-state index in [1.165, 1.54) is 12.1 Å². The number of aliphatic imine (C=N–C) groups is 1. The van der Waals surface area contributed by atoms with Crippen LogP contribution in [0.25, 0.3) is 0 Å². The lowest BCUT2D eigenvalue weighted by molar-refractivity contribution is 0.181. The first-order valence-corrected chi connectivity index (χ1v) is 8.57. The van der Waals surface area contributed by atoms with Crippen LogP contribution in [0.5, 0.6) is 5.75 Å². The molecule has 2 rings (SSSR count). The van der Waals surface area contributed by atoms with Crippen LogP contribution < -0.4 is 10.1 Å². The van der Waals surface area contributed by atoms with E-state index in [1.54, 1.807) is 12.1 Å². The third-order valence-electron chi connectivity index (χ3n) is 4.07. The van der Waals surface area contributed by atoms with Crippen molar-refractivity contribution in [2.75, 3.05) is 47.0 Å². The number of nitrogens with one attached hydrogen (secondary N) is 1. The fraction of sp³-hybridized carbons (Fsp3) is 0.611. The highest BCUT2D eigenvalue weighted by molar-refractivity contribution is 14.0. The molecule has 1 aliphatic rings. The summed E-state index contributed by atoms with van der Waals surface area (Å²) in [7, 11) is 3.87. The van der Waals surface area contributed by atoms with Gasteiger partial charge in [0, 0.05) is 39.7 Å². The SMILES string of the molecule is CN=C(NCCCCOc1ccc(F)cc1)N(C)CC1CCOC1.I. The summed E-state index contributed by atoms with van der Waals surface area (Å²) in [5, 5.41) is 3.38. The maximum absolute atomic E-state index is 12.8. The second-order valence-corrected chi connectivity index (χ2v) is 6.09. The Balaban J connectivity index is 0.00000312. The van der Waals surface area contributed by atoms with Crippen molar-refractivity contribution in [1.29, 1.82) is 0 Å². The first-order valence-electron chi connectivity index (χ1n) is 8.57. The Labute approximate surface area is 167 Å². The number of hydrogen-bond acceptors (Lipinski definition) is 3. The van der Waals surface area contributed by atoms with Crippen molar-refractivity contribution in [2.24, 2.45) is 10.9 Å². The van der Waals surface area contributed by atoms with Crippen LogP contribution in [-0.4, -0.2) is 57.9 Å². The summed E-state index contributed by atoms with van der Waals surface area (Å²) in [6.07, 6.45) is 3.05. The molecule has 7 heteroatoms. The van der Waals surface area contributed by atoms with E-state index in [1.807, 2.05) is 7.05 Å². The Morgan fingerprint density at radius 1 is 1.36 bits per heavy atom. The molecule has 1 unspecified atom stereocenters. The van der Waals surface area contributed by atoms with Gasteiger partial charge in [-0.1, -0.05) is 0 Å². The van der Waals surface area contributed by atoms with Gasteiger partial charge >= 0.3 is 0 Å². The Bertz CT molecular complexity index is 508. The Morgan fingerprint density at radius 2 is 2.12 bits per heavy atom. The Kier molecular flexibility index (Phi) is 10.8. The van der Waals surface area contributed by atoms with E-state index < -0.39 is 0 Å². The van der Waals surface area contributed by atoms with E-state index in [-0.39, 0.29) is 29.8 Å². The van der Waals surface area contributed by atoms with Crippen molar-refractivity contribution in [3.8, 4) is 5.75 Å². The molecule has 1 N–H and O–H groups in total. The van der Waals surface area contributed by atoms with Gasteiger partial charge < -0.3 is 19.7 Å². The van der Waals surface area contributed by atoms with Crippen molar-refractivity contribution >= 4 is 29.9 Å². The molecule has 0 bridgehead atoms. The van der Waals surface area contributed by atoms with Crippen LogP contribution in [0.2, 0.25) is 0 Å². The van der Waals surface area contributed by atoms with Gasteiger partial charge in [-0.3, -0.25) is 4.99 Å². The lowest BCUT2D eigenvalue weighted by Crippen LogP contribution is -2.41. The third kappa shape index (κ3) is 8.22. The molecular formula is C18H29FIN3O2. The van der Waals surface area contributed by atoms with Gasteiger partial charge in [0.2, 0.25) is 0 Å². The molecule has 0 amide bonds. The van der Waals surface area contributed by atoms with Crippen LogP contribution in [0.1, 0.15) is 19.3 Å². The van der Waals surface area contributed by atoms with Crippen LogP contribution in [0.4, 0.5) is 4.39 Å². The Morgan fingerprint density at radius 3 is 2.76 bits per heavy atom. The molecule has 0 spiro atoms. The predicted octanol–water partition coefficient (Wildman–Crippen LogP) is 3.15. The fourth-order valence-electron chi connectivity index (χ4n) is 2.73. The van der Waals surface area contributed by atoms with Crippen molar-refractivity contribution in [2.45, 2.75) is 19.3 Å². The van der Waals surface area contributed by atoms with Crippen molar-refractivity contribution < 1.29 is 13.9 Å². The van der Waals surface area contributed by atoms with E-state index >= 15 is 0 Å². The maximum Gasteiger partial charge on any atom is 0.193 e. The van der Waals surface area contributed by atoms with Crippen LogP contribution in [-0.2, 0) is 4.74 Å². The first kappa shape index (κ1) is 22.0. The van der Waals surface area contributed by atoms with E-state index in [2.05, 4.69) is 22.3 Å². The van der Waals surface area contributed by atoms with Crippen molar-refractivity contribution in [3.05, 3.63) is 30.1 Å². The minimum absolute atomic E-state index is 0. The molecule has 142 valence electrons. The molecule has 1 aromatic rings. The largest absolute Gasteiger partial charge is 0.494 e. The molecule has 0 radical (unpaired) electrons. The highest BCUT2D eigenvalue weighted by Crippen LogP contribution is 2.13. The summed E-state index contributed by atoms with van der Waals surface area (Å²) in [6, 6.07) is 6.12. The van der Waals surface area contributed by atoms with E-state index in [9.17, 15) is 4.39 Å². The monoisotopic (exact) mass is 465 g/mol. The van der Waals surface area contributed by atoms with Crippen molar-refractivity contribution in [1.82, 2.24) is 10.2 Å². The van der Waals surface area contributed by atoms with Gasteiger partial charge in [-0.15, -0.1) is 24.0 Å². The number of unbranched alkanes of at least 4 members (excludes halogenated alkanes) is 1. The number of benzene rings is 1. The lowest BCUT2D eigenvalue weighted by atomic mass is 10.1. The van der Waals surface area contributed by atoms with E-state index in [0.717, 1.165) is 51.5 Å². The molecular weight excluding hydrogens is 436 g/mol. The molecule has 1 aliphatic heterocycles. The van der Waals surface area contributed by atoms with E-state index in [4.69, 9.17) is 9.47 Å². The minimum Gasteiger partial charge on any atom is -0.494 e. The summed E-state index contributed by atoms with van der Waals surface area (Å²) in [6.45, 7) is 4.17. The minimum atomic E-state index is -0.244. The summed E-state index contributed by atoms with van der Waals surface area (Å²) >= 11 is 0. The summed E-state index contributed by atoms with van der Waals surface area (Å²) < 4.78 is 23.8. The number of ether oxygens (including phenoxy) is 2. The molecule has 1 saturated heterocycles. The van der Waals surface area contributed by atoms with Gasteiger partial charge in [0.15, 0.2) is 5.96 Å². The van der Waals surface area contributed by atoms with Crippen molar-refractivity contribution in [3.63, 3.8) is 0 Å². The second-order valence-electron chi connectivity index (χ2n) is 6.09. The maximum atomic E-state index is 12.8. The second kappa shape index (κ2) is 12.3. The Hall–Kier alpha value is -1.09. The molecule has 1 aromatic carbocycles. The van der Waals surface area contributed by atoms with Crippen LogP contribution in [0.15, 0.2) is 29.3 Å². The standard InChI is InChI=1S/C18H28FN3O2.HI/c1-20-18(22(2)13-15-9-12-23-14-15)21-10-3-4-11-24-17-7-5-16(19)6-8-17;/h5-8,15H,3-4,9-14H2,1-2H3,(H,20,21);1H. The molecule has 0 aliphatic carbocycles. The molecule has 25 heavy (non-hydrogen) atoms. The molecule has 5 nitrogen and oxygen atoms in total. The van der Waals surface area contributed by atoms with Gasteiger partial charge in [0.1, 0.15) is 11.6 Å². The number of guanidine groups is 1. The van der Waals surface area contributed by atoms with Gasteiger partial charge in [-0.05, 0) is 43.5 Å². The van der Waals surface area contributed by atoms with Gasteiger partial charge in [-0.2, -0.15) is 0 Å². The smallest absolute Gasteiger partial charge is 0.193 e. The summed E-state index contributed by atoms with van der Waals surface area (Å²) in [5.74, 6) is 1.98. The molecule has 1 heterocycles. The number of halogens is 2. The average molecular weight is 465 g/mol. The van der Waals surface area contributed by atoms with Crippen LogP contribution >= 0.6 is 24.0 Å². The highest BCUT2D eigenvalue weighted by Gasteiger charge is 2.18. The quantitative estimate of drug-likeness (QED) is 0.278. The van der Waals surface area contributed by atoms with Crippen LogP contribution in [0, 0.1) is 11.7 Å². The zero-order valence-electron chi connectivity index (χ0n) is 15.0. The number of hydrogen-bond donors (Lipinski definition) is 1. The van der Waals surface area contributed by atoms with Crippen LogP contribution in [0.3, 0.4) is 0 Å². The highest BCUT2D eigenvalue weighted by atomic mass is 127. The molecule has 1 atom stereocenters. The topological polar surface area (TPSA) is 46.1 Å². The number of nitrogens with zero attached hydrogens (tertiary/aromatic N) is 2. The summed E-state index contributed by atoms with van der Waals surface area (Å²) in [5.41, 5.74) is 0. The summed E-state index contributed by atoms with van der Waals surface area (Å²) in [4.78, 5) is 6.49. The zero-order chi connectivity index (χ0) is 17.2.